The third-order valence-corrected chi connectivity index (χ3v) is 2.99. The molecule has 3 aromatic heterocycles. The van der Waals surface area contributed by atoms with Crippen molar-refractivity contribution in [3.8, 4) is 0 Å². The van der Waals surface area contributed by atoms with Gasteiger partial charge in [-0.1, -0.05) is 20.4 Å². The molecule has 92 valence electrons. The molecule has 0 fully saturated rings. The first-order valence-electron chi connectivity index (χ1n) is 6.00. The van der Waals surface area contributed by atoms with E-state index in [9.17, 15) is 0 Å². The maximum atomic E-state index is 5.62. The van der Waals surface area contributed by atoms with Crippen molar-refractivity contribution in [1.82, 2.24) is 15.0 Å². The fraction of sp³-hybridized carbons (Fsp3) is 0.286. The van der Waals surface area contributed by atoms with Gasteiger partial charge in [0.15, 0.2) is 5.65 Å². The van der Waals surface area contributed by atoms with E-state index < -0.39 is 0 Å². The van der Waals surface area contributed by atoms with Crippen molar-refractivity contribution in [2.24, 2.45) is 0 Å². The average molecular weight is 241 g/mol. The summed E-state index contributed by atoms with van der Waals surface area (Å²) in [5, 5.41) is 0. The first kappa shape index (κ1) is 11.0. The third kappa shape index (κ3) is 1.61. The zero-order chi connectivity index (χ0) is 12.9. The highest BCUT2D eigenvalue weighted by atomic mass is 16.3. The van der Waals surface area contributed by atoms with Gasteiger partial charge >= 0.3 is 0 Å². The summed E-state index contributed by atoms with van der Waals surface area (Å²) in [4.78, 5) is 12.3. The smallest absolute Gasteiger partial charge is 0.246 e. The summed E-state index contributed by atoms with van der Waals surface area (Å²) in [5.41, 5.74) is 4.99. The van der Waals surface area contributed by atoms with Crippen LogP contribution in [-0.4, -0.2) is 15.0 Å². The van der Waals surface area contributed by atoms with Crippen LogP contribution in [0.2, 0.25) is 0 Å². The summed E-state index contributed by atoms with van der Waals surface area (Å²) in [6.07, 6.45) is 0. The number of hydrogen-bond donors (Lipinski definition) is 1. The number of allylic oxidation sites excluding steroid dienone is 1. The average Bonchev–Trinajstić information content (AvgIpc) is 2.87. The van der Waals surface area contributed by atoms with Gasteiger partial charge in [0.25, 0.3) is 0 Å². The Labute approximate surface area is 105 Å². The van der Waals surface area contributed by atoms with Crippen molar-refractivity contribution >= 4 is 28.0 Å². The van der Waals surface area contributed by atoms with Crippen molar-refractivity contribution < 1.29 is 4.42 Å². The molecule has 0 atom stereocenters. The summed E-state index contributed by atoms with van der Waals surface area (Å²) in [6, 6.07) is 3.90. The van der Waals surface area contributed by atoms with Crippen LogP contribution in [0.4, 0.5) is 0 Å². The molecule has 1 N–H and O–H groups in total. The van der Waals surface area contributed by atoms with Crippen LogP contribution in [0, 0.1) is 0 Å². The van der Waals surface area contributed by atoms with Gasteiger partial charge in [-0.25, -0.2) is 9.97 Å². The molecule has 0 bridgehead atoms. The predicted molar refractivity (Wildman–Crippen MR) is 72.5 cm³/mol. The maximum Gasteiger partial charge on any atom is 0.246 e. The molecule has 0 aliphatic carbocycles. The number of nitrogens with zero attached hydrogens (tertiary/aromatic N) is 2. The van der Waals surface area contributed by atoms with Crippen molar-refractivity contribution in [2.45, 2.75) is 26.7 Å². The van der Waals surface area contributed by atoms with Gasteiger partial charge in [0, 0.05) is 11.8 Å². The Morgan fingerprint density at radius 2 is 2.06 bits per heavy atom. The normalized spacial score (nSPS) is 11.8. The molecule has 0 aliphatic heterocycles. The maximum absolute atomic E-state index is 5.62. The van der Waals surface area contributed by atoms with E-state index in [-0.39, 0.29) is 0 Å². The lowest BCUT2D eigenvalue weighted by Gasteiger charge is -1.97. The number of H-pyrrole nitrogens is 1. The van der Waals surface area contributed by atoms with Crippen LogP contribution in [0.3, 0.4) is 0 Å². The highest BCUT2D eigenvalue weighted by Gasteiger charge is 2.12. The fourth-order valence-electron chi connectivity index (χ4n) is 1.91. The van der Waals surface area contributed by atoms with E-state index in [4.69, 9.17) is 4.42 Å². The van der Waals surface area contributed by atoms with Crippen LogP contribution < -0.4 is 0 Å². The summed E-state index contributed by atoms with van der Waals surface area (Å²) >= 11 is 0. The summed E-state index contributed by atoms with van der Waals surface area (Å²) in [5.74, 6) is 1.17. The van der Waals surface area contributed by atoms with Crippen LogP contribution >= 0.6 is 0 Å². The van der Waals surface area contributed by atoms with Gasteiger partial charge in [0.2, 0.25) is 5.71 Å². The van der Waals surface area contributed by atoms with Crippen molar-refractivity contribution in [3.63, 3.8) is 0 Å². The molecule has 4 heteroatoms. The second-order valence-electron chi connectivity index (χ2n) is 4.92. The van der Waals surface area contributed by atoms with E-state index in [0.29, 0.717) is 11.6 Å². The fourth-order valence-corrected chi connectivity index (χ4v) is 1.91. The molecule has 0 amide bonds. The van der Waals surface area contributed by atoms with Crippen molar-refractivity contribution in [3.05, 3.63) is 30.2 Å². The van der Waals surface area contributed by atoms with Gasteiger partial charge in [-0.3, -0.25) is 0 Å². The van der Waals surface area contributed by atoms with Gasteiger partial charge in [0.05, 0.1) is 0 Å². The Morgan fingerprint density at radius 3 is 2.72 bits per heavy atom. The first-order valence-corrected chi connectivity index (χ1v) is 6.00. The Bertz CT molecular complexity index is 698. The molecular weight excluding hydrogens is 226 g/mol. The SMILES string of the molecule is C=C(C)c1cc2nc3[nH]c(C(C)C)cc3nc2o1. The molecule has 3 rings (SSSR count). The lowest BCUT2D eigenvalue weighted by Crippen LogP contribution is -1.85. The largest absolute Gasteiger partial charge is 0.437 e. The zero-order valence-electron chi connectivity index (χ0n) is 10.7. The summed E-state index contributed by atoms with van der Waals surface area (Å²) < 4.78 is 5.62. The highest BCUT2D eigenvalue weighted by Crippen LogP contribution is 2.25. The van der Waals surface area contributed by atoms with Crippen LogP contribution in [0.1, 0.15) is 38.1 Å². The topological polar surface area (TPSA) is 54.7 Å². The van der Waals surface area contributed by atoms with E-state index in [2.05, 4.69) is 35.4 Å². The molecule has 18 heavy (non-hydrogen) atoms. The lowest BCUT2D eigenvalue weighted by atomic mass is 10.1. The first-order chi connectivity index (χ1) is 8.54. The molecule has 0 unspecified atom stereocenters. The standard InChI is InChI=1S/C14H15N3O/c1-7(2)9-5-10-13(15-9)16-11-6-12(8(3)4)18-14(11)17-10/h5-7H,3H2,1-2,4H3,(H,15,16). The number of furan rings is 1. The molecule has 0 aromatic carbocycles. The second kappa shape index (κ2) is 3.70. The minimum absolute atomic E-state index is 0.429. The summed E-state index contributed by atoms with van der Waals surface area (Å²) in [7, 11) is 0. The number of hydrogen-bond acceptors (Lipinski definition) is 3. The molecular formula is C14H15N3O. The number of aromatic amines is 1. The molecule has 0 radical (unpaired) electrons. The van der Waals surface area contributed by atoms with Gasteiger partial charge in [-0.05, 0) is 24.5 Å². The quantitative estimate of drug-likeness (QED) is 0.741. The summed E-state index contributed by atoms with van der Waals surface area (Å²) in [6.45, 7) is 10.0. The Balaban J connectivity index is 2.24. The van der Waals surface area contributed by atoms with Crippen LogP contribution in [0.25, 0.3) is 28.0 Å². The van der Waals surface area contributed by atoms with E-state index in [0.717, 1.165) is 33.7 Å². The van der Waals surface area contributed by atoms with Crippen molar-refractivity contribution in [2.75, 3.05) is 0 Å². The van der Waals surface area contributed by atoms with Gasteiger partial charge in [-0.15, -0.1) is 0 Å². The second-order valence-corrected chi connectivity index (χ2v) is 4.92. The number of fused-ring (bicyclic) bond motifs is 2. The van der Waals surface area contributed by atoms with Crippen molar-refractivity contribution in [1.29, 1.82) is 0 Å². The Hall–Kier alpha value is -2.10. The van der Waals surface area contributed by atoms with Gasteiger partial charge in [-0.2, -0.15) is 0 Å². The van der Waals surface area contributed by atoms with E-state index >= 15 is 0 Å². The van der Waals surface area contributed by atoms with Crippen LogP contribution in [0.15, 0.2) is 23.1 Å². The molecule has 4 nitrogen and oxygen atoms in total. The number of nitrogens with one attached hydrogen (secondary N) is 1. The van der Waals surface area contributed by atoms with Gasteiger partial charge < -0.3 is 9.40 Å². The minimum Gasteiger partial charge on any atom is -0.437 e. The molecule has 0 saturated heterocycles. The molecule has 3 heterocycles. The van der Waals surface area contributed by atoms with E-state index in [1.54, 1.807) is 0 Å². The number of rotatable bonds is 2. The highest BCUT2D eigenvalue weighted by molar-refractivity contribution is 5.84. The molecule has 3 aromatic rings. The Kier molecular flexibility index (Phi) is 2.26. The molecule has 0 spiro atoms. The monoisotopic (exact) mass is 241 g/mol. The molecule has 0 aliphatic rings. The predicted octanol–water partition coefficient (Wildman–Crippen LogP) is 3.86. The Morgan fingerprint density at radius 1 is 1.28 bits per heavy atom. The lowest BCUT2D eigenvalue weighted by molar-refractivity contribution is 0.588. The number of aromatic nitrogens is 3. The minimum atomic E-state index is 0.429. The van der Waals surface area contributed by atoms with E-state index in [1.807, 2.05) is 19.1 Å². The van der Waals surface area contributed by atoms with Gasteiger partial charge in [0.1, 0.15) is 16.8 Å². The van der Waals surface area contributed by atoms with Crippen LogP contribution in [0.5, 0.6) is 0 Å². The molecule has 0 saturated carbocycles. The van der Waals surface area contributed by atoms with Crippen LogP contribution in [-0.2, 0) is 0 Å². The van der Waals surface area contributed by atoms with E-state index in [1.165, 1.54) is 0 Å². The zero-order valence-corrected chi connectivity index (χ0v) is 10.7. The third-order valence-electron chi connectivity index (χ3n) is 2.99.